The zero-order chi connectivity index (χ0) is 8.48. The molecular formula is C7H14N2O2. The van der Waals surface area contributed by atoms with Crippen LogP contribution in [0.1, 0.15) is 19.8 Å². The van der Waals surface area contributed by atoms with Gasteiger partial charge in [0.25, 0.3) is 0 Å². The smallest absolute Gasteiger partial charge is 0.314 e. The molecule has 1 saturated heterocycles. The SMILES string of the molecule is CCCC1(O)CN(C(N)=O)C1. The average Bonchev–Trinajstić information content (AvgIpc) is 1.82. The first-order valence-electron chi connectivity index (χ1n) is 3.84. The highest BCUT2D eigenvalue weighted by molar-refractivity contribution is 5.73. The van der Waals surface area contributed by atoms with Crippen LogP contribution in [0.15, 0.2) is 0 Å². The molecule has 0 aromatic carbocycles. The van der Waals surface area contributed by atoms with Crippen molar-refractivity contribution < 1.29 is 9.90 Å². The fraction of sp³-hybridized carbons (Fsp3) is 0.857. The predicted molar refractivity (Wildman–Crippen MR) is 41.0 cm³/mol. The van der Waals surface area contributed by atoms with Gasteiger partial charge in [-0.15, -0.1) is 0 Å². The molecule has 0 saturated carbocycles. The van der Waals surface area contributed by atoms with E-state index in [0.717, 1.165) is 12.8 Å². The lowest BCUT2D eigenvalue weighted by atomic mass is 9.90. The Morgan fingerprint density at radius 1 is 1.73 bits per heavy atom. The molecule has 1 aliphatic heterocycles. The number of likely N-dealkylation sites (tertiary alicyclic amines) is 1. The number of carbonyl (C=O) groups excluding carboxylic acids is 1. The molecule has 3 N–H and O–H groups in total. The van der Waals surface area contributed by atoms with Gasteiger partial charge in [-0.3, -0.25) is 0 Å². The molecule has 0 radical (unpaired) electrons. The minimum atomic E-state index is -0.649. The van der Waals surface area contributed by atoms with Gasteiger partial charge in [-0.2, -0.15) is 0 Å². The molecule has 1 aliphatic rings. The summed E-state index contributed by atoms with van der Waals surface area (Å²) in [5, 5.41) is 9.58. The number of rotatable bonds is 2. The van der Waals surface area contributed by atoms with E-state index < -0.39 is 11.6 Å². The maximum absolute atomic E-state index is 10.5. The molecule has 0 aromatic heterocycles. The van der Waals surface area contributed by atoms with Crippen molar-refractivity contribution in [3.05, 3.63) is 0 Å². The highest BCUT2D eigenvalue weighted by Gasteiger charge is 2.41. The molecule has 0 aliphatic carbocycles. The van der Waals surface area contributed by atoms with Crippen molar-refractivity contribution in [2.75, 3.05) is 13.1 Å². The van der Waals surface area contributed by atoms with Gasteiger partial charge in [-0.1, -0.05) is 13.3 Å². The molecule has 4 nitrogen and oxygen atoms in total. The summed E-state index contributed by atoms with van der Waals surface area (Å²) in [5.74, 6) is 0. The Bertz CT molecular complexity index is 164. The predicted octanol–water partition coefficient (Wildman–Crippen LogP) is -0.0881. The Hall–Kier alpha value is -0.770. The molecule has 0 bridgehead atoms. The topological polar surface area (TPSA) is 66.6 Å². The summed E-state index contributed by atoms with van der Waals surface area (Å²) in [4.78, 5) is 12.0. The van der Waals surface area contributed by atoms with Crippen molar-refractivity contribution in [1.82, 2.24) is 4.90 Å². The summed E-state index contributed by atoms with van der Waals surface area (Å²) in [6.45, 7) is 2.80. The summed E-state index contributed by atoms with van der Waals surface area (Å²) in [7, 11) is 0. The van der Waals surface area contributed by atoms with E-state index in [1.165, 1.54) is 4.90 Å². The Balaban J connectivity index is 2.31. The molecule has 0 atom stereocenters. The lowest BCUT2D eigenvalue weighted by Crippen LogP contribution is -2.64. The van der Waals surface area contributed by atoms with Crippen LogP contribution in [0.25, 0.3) is 0 Å². The number of primary amides is 1. The third-order valence-electron chi connectivity index (χ3n) is 2.00. The maximum atomic E-state index is 10.5. The number of hydrogen-bond donors (Lipinski definition) is 2. The monoisotopic (exact) mass is 158 g/mol. The number of nitrogens with two attached hydrogens (primary N) is 1. The first-order chi connectivity index (χ1) is 5.07. The first-order valence-corrected chi connectivity index (χ1v) is 3.84. The second-order valence-electron chi connectivity index (χ2n) is 3.17. The summed E-state index contributed by atoms with van der Waals surface area (Å²) < 4.78 is 0. The fourth-order valence-corrected chi connectivity index (χ4v) is 1.44. The lowest BCUT2D eigenvalue weighted by molar-refractivity contribution is -0.0800. The maximum Gasteiger partial charge on any atom is 0.314 e. The van der Waals surface area contributed by atoms with Crippen molar-refractivity contribution >= 4 is 6.03 Å². The van der Waals surface area contributed by atoms with Gasteiger partial charge in [0.15, 0.2) is 0 Å². The molecule has 11 heavy (non-hydrogen) atoms. The van der Waals surface area contributed by atoms with Crippen LogP contribution in [0.5, 0.6) is 0 Å². The fourth-order valence-electron chi connectivity index (χ4n) is 1.44. The van der Waals surface area contributed by atoms with Crippen LogP contribution < -0.4 is 5.73 Å². The van der Waals surface area contributed by atoms with Crippen LogP contribution in [-0.4, -0.2) is 34.7 Å². The number of urea groups is 1. The zero-order valence-electron chi connectivity index (χ0n) is 6.71. The Morgan fingerprint density at radius 3 is 2.64 bits per heavy atom. The van der Waals surface area contributed by atoms with E-state index in [-0.39, 0.29) is 0 Å². The molecule has 0 aromatic rings. The standard InChI is InChI=1S/C7H14N2O2/c1-2-3-7(11)4-9(5-7)6(8)10/h11H,2-5H2,1H3,(H2,8,10). The van der Waals surface area contributed by atoms with Crippen LogP contribution in [-0.2, 0) is 0 Å². The summed E-state index contributed by atoms with van der Waals surface area (Å²) in [5.41, 5.74) is 4.34. The van der Waals surface area contributed by atoms with E-state index in [9.17, 15) is 9.90 Å². The van der Waals surface area contributed by atoms with Crippen LogP contribution >= 0.6 is 0 Å². The van der Waals surface area contributed by atoms with Crippen molar-refractivity contribution in [2.45, 2.75) is 25.4 Å². The van der Waals surface area contributed by atoms with Crippen LogP contribution in [0.3, 0.4) is 0 Å². The summed E-state index contributed by atoms with van der Waals surface area (Å²) in [6.07, 6.45) is 1.68. The number of nitrogens with zero attached hydrogens (tertiary/aromatic N) is 1. The number of β-amino-alcohol motifs (C(OH)–C–C–N with tert-alkyl or cyclic N) is 1. The van der Waals surface area contributed by atoms with E-state index in [4.69, 9.17) is 5.73 Å². The largest absolute Gasteiger partial charge is 0.386 e. The molecule has 4 heteroatoms. The van der Waals surface area contributed by atoms with Gasteiger partial charge >= 0.3 is 6.03 Å². The van der Waals surface area contributed by atoms with Crippen molar-refractivity contribution in [3.8, 4) is 0 Å². The summed E-state index contributed by atoms with van der Waals surface area (Å²) in [6, 6.07) is -0.439. The Kier molecular flexibility index (Phi) is 2.04. The molecule has 1 heterocycles. The zero-order valence-corrected chi connectivity index (χ0v) is 6.71. The van der Waals surface area contributed by atoms with Crippen molar-refractivity contribution in [2.24, 2.45) is 5.73 Å². The minimum absolute atomic E-state index is 0.399. The number of amides is 2. The quantitative estimate of drug-likeness (QED) is 0.590. The number of hydrogen-bond acceptors (Lipinski definition) is 2. The van der Waals surface area contributed by atoms with Crippen molar-refractivity contribution in [1.29, 1.82) is 0 Å². The highest BCUT2D eigenvalue weighted by atomic mass is 16.3. The van der Waals surface area contributed by atoms with E-state index >= 15 is 0 Å². The van der Waals surface area contributed by atoms with Gasteiger partial charge in [0.2, 0.25) is 0 Å². The van der Waals surface area contributed by atoms with Gasteiger partial charge in [-0.05, 0) is 6.42 Å². The average molecular weight is 158 g/mol. The minimum Gasteiger partial charge on any atom is -0.386 e. The Morgan fingerprint density at radius 2 is 2.27 bits per heavy atom. The normalized spacial score (nSPS) is 21.1. The number of carbonyl (C=O) groups is 1. The van der Waals surface area contributed by atoms with Gasteiger partial charge in [-0.25, -0.2) is 4.79 Å². The second kappa shape index (κ2) is 2.70. The molecule has 1 fully saturated rings. The second-order valence-corrected chi connectivity index (χ2v) is 3.17. The molecule has 1 rings (SSSR count). The van der Waals surface area contributed by atoms with Gasteiger partial charge in [0.05, 0.1) is 18.7 Å². The highest BCUT2D eigenvalue weighted by Crippen LogP contribution is 2.24. The lowest BCUT2D eigenvalue weighted by Gasteiger charge is -2.45. The van der Waals surface area contributed by atoms with Gasteiger partial charge < -0.3 is 15.7 Å². The van der Waals surface area contributed by atoms with Gasteiger partial charge in [0.1, 0.15) is 0 Å². The van der Waals surface area contributed by atoms with E-state index in [1.54, 1.807) is 0 Å². The summed E-state index contributed by atoms with van der Waals surface area (Å²) >= 11 is 0. The van der Waals surface area contributed by atoms with E-state index in [2.05, 4.69) is 0 Å². The molecule has 64 valence electrons. The van der Waals surface area contributed by atoms with E-state index in [1.807, 2.05) is 6.92 Å². The van der Waals surface area contributed by atoms with Crippen molar-refractivity contribution in [3.63, 3.8) is 0 Å². The van der Waals surface area contributed by atoms with Crippen LogP contribution in [0.2, 0.25) is 0 Å². The van der Waals surface area contributed by atoms with Crippen LogP contribution in [0.4, 0.5) is 4.79 Å². The Labute approximate surface area is 66.0 Å². The van der Waals surface area contributed by atoms with Gasteiger partial charge in [0, 0.05) is 0 Å². The van der Waals surface area contributed by atoms with Crippen LogP contribution in [0, 0.1) is 0 Å². The molecule has 2 amide bonds. The molecular weight excluding hydrogens is 144 g/mol. The number of aliphatic hydroxyl groups is 1. The first kappa shape index (κ1) is 8.33. The molecule has 0 unspecified atom stereocenters. The van der Waals surface area contributed by atoms with E-state index in [0.29, 0.717) is 13.1 Å². The molecule has 0 spiro atoms. The third kappa shape index (κ3) is 1.63. The third-order valence-corrected chi connectivity index (χ3v) is 2.00.